The Morgan fingerprint density at radius 2 is 1.36 bits per heavy atom. The van der Waals surface area contributed by atoms with Gasteiger partial charge in [-0.1, -0.05) is 37.6 Å². The molecule has 3 rings (SSSR count). The van der Waals surface area contributed by atoms with Gasteiger partial charge >= 0.3 is 0 Å². The number of hydrogen-bond acceptors (Lipinski definition) is 4. The predicted octanol–water partition coefficient (Wildman–Crippen LogP) is 4.45. The lowest BCUT2D eigenvalue weighted by Crippen LogP contribution is -2.43. The zero-order valence-corrected chi connectivity index (χ0v) is 17.0. The number of unbranched alkanes of at least 4 members (excludes halogenated alkanes) is 1. The van der Waals surface area contributed by atoms with Crippen molar-refractivity contribution in [1.82, 2.24) is 10.2 Å². The summed E-state index contributed by atoms with van der Waals surface area (Å²) >= 11 is 0. The van der Waals surface area contributed by atoms with Gasteiger partial charge in [-0.05, 0) is 73.0 Å². The third-order valence-electron chi connectivity index (χ3n) is 6.02. The molecule has 0 radical (unpaired) electrons. The predicted molar refractivity (Wildman–Crippen MR) is 115 cm³/mol. The van der Waals surface area contributed by atoms with Gasteiger partial charge in [-0.2, -0.15) is 0 Å². The summed E-state index contributed by atoms with van der Waals surface area (Å²) in [7, 11) is 0. The molecular weight excluding hydrogens is 348 g/mol. The van der Waals surface area contributed by atoms with Gasteiger partial charge in [-0.3, -0.25) is 0 Å². The Hall–Kier alpha value is -2.04. The standard InChI is InChI=1S/C24H34N2O2/c1-2-23(19-6-10-21(27)11-7-19)24(20-8-12-22(28)13-9-20)5-3-4-16-26-17-14-25-15-18-26/h6-13,23-25,27-28H,2-5,14-18H2,1H3/t23-,24+/m1/s1. The summed E-state index contributed by atoms with van der Waals surface area (Å²) < 4.78 is 0. The fourth-order valence-electron chi connectivity index (χ4n) is 4.43. The maximum absolute atomic E-state index is 9.70. The van der Waals surface area contributed by atoms with E-state index in [0.29, 0.717) is 23.3 Å². The fourth-order valence-corrected chi connectivity index (χ4v) is 4.43. The van der Waals surface area contributed by atoms with Gasteiger partial charge < -0.3 is 20.4 Å². The molecule has 1 fully saturated rings. The van der Waals surface area contributed by atoms with E-state index in [0.717, 1.165) is 39.0 Å². The minimum atomic E-state index is 0.316. The number of aromatic hydroxyl groups is 2. The minimum Gasteiger partial charge on any atom is -0.508 e. The first-order valence-electron chi connectivity index (χ1n) is 10.7. The molecule has 1 saturated heterocycles. The molecule has 2 aromatic rings. The number of phenols is 2. The van der Waals surface area contributed by atoms with E-state index in [2.05, 4.69) is 41.4 Å². The average molecular weight is 383 g/mol. The van der Waals surface area contributed by atoms with E-state index >= 15 is 0 Å². The van der Waals surface area contributed by atoms with E-state index in [1.54, 1.807) is 24.3 Å². The largest absolute Gasteiger partial charge is 0.508 e. The van der Waals surface area contributed by atoms with Crippen LogP contribution in [0.15, 0.2) is 48.5 Å². The summed E-state index contributed by atoms with van der Waals surface area (Å²) in [5.41, 5.74) is 2.57. The topological polar surface area (TPSA) is 55.7 Å². The van der Waals surface area contributed by atoms with Crippen molar-refractivity contribution in [3.63, 3.8) is 0 Å². The summed E-state index contributed by atoms with van der Waals surface area (Å²) in [6, 6.07) is 15.4. The molecule has 0 unspecified atom stereocenters. The monoisotopic (exact) mass is 382 g/mol. The van der Waals surface area contributed by atoms with E-state index in [-0.39, 0.29) is 0 Å². The molecule has 4 nitrogen and oxygen atoms in total. The molecule has 1 heterocycles. The first kappa shape index (κ1) is 20.7. The number of nitrogens with zero attached hydrogens (tertiary/aromatic N) is 1. The molecule has 152 valence electrons. The SMILES string of the molecule is CC[C@H](c1ccc(O)cc1)[C@@H](CCCCN1CCNCC1)c1ccc(O)cc1. The summed E-state index contributed by atoms with van der Waals surface area (Å²) in [4.78, 5) is 2.56. The quantitative estimate of drug-likeness (QED) is 0.561. The third kappa shape index (κ3) is 5.73. The summed E-state index contributed by atoms with van der Waals surface area (Å²) in [6.45, 7) is 7.95. The van der Waals surface area contributed by atoms with Gasteiger partial charge in [0.2, 0.25) is 0 Å². The number of hydrogen-bond donors (Lipinski definition) is 3. The van der Waals surface area contributed by atoms with Crippen LogP contribution in [0.25, 0.3) is 0 Å². The maximum Gasteiger partial charge on any atom is 0.115 e. The van der Waals surface area contributed by atoms with Crippen LogP contribution in [0.2, 0.25) is 0 Å². The van der Waals surface area contributed by atoms with Crippen molar-refractivity contribution in [1.29, 1.82) is 0 Å². The van der Waals surface area contributed by atoms with Gasteiger partial charge in [-0.25, -0.2) is 0 Å². The van der Waals surface area contributed by atoms with E-state index < -0.39 is 0 Å². The summed E-state index contributed by atoms with van der Waals surface area (Å²) in [6.07, 6.45) is 4.61. The molecule has 1 aliphatic rings. The second-order valence-corrected chi connectivity index (χ2v) is 7.89. The number of nitrogens with one attached hydrogen (secondary N) is 1. The Balaban J connectivity index is 1.68. The molecule has 2 atom stereocenters. The van der Waals surface area contributed by atoms with Crippen LogP contribution in [-0.4, -0.2) is 47.8 Å². The Bertz CT molecular complexity index is 694. The van der Waals surface area contributed by atoms with Gasteiger partial charge in [0.1, 0.15) is 11.5 Å². The van der Waals surface area contributed by atoms with Crippen LogP contribution < -0.4 is 5.32 Å². The smallest absolute Gasteiger partial charge is 0.115 e. The Kier molecular flexibility index (Phi) is 7.75. The van der Waals surface area contributed by atoms with Crippen molar-refractivity contribution >= 4 is 0 Å². The number of phenolic OH excluding ortho intramolecular Hbond substituents is 2. The maximum atomic E-state index is 9.70. The Labute approximate surface area is 169 Å². The fraction of sp³-hybridized carbons (Fsp3) is 0.500. The second kappa shape index (κ2) is 10.5. The molecule has 0 amide bonds. The Morgan fingerprint density at radius 3 is 1.89 bits per heavy atom. The van der Waals surface area contributed by atoms with Gasteiger partial charge in [0, 0.05) is 26.2 Å². The van der Waals surface area contributed by atoms with Crippen LogP contribution in [0.1, 0.15) is 55.6 Å². The van der Waals surface area contributed by atoms with Crippen molar-refractivity contribution < 1.29 is 10.2 Å². The molecule has 0 saturated carbocycles. The van der Waals surface area contributed by atoms with E-state index in [1.165, 1.54) is 30.5 Å². The number of rotatable bonds is 9. The third-order valence-corrected chi connectivity index (χ3v) is 6.02. The normalized spacial score (nSPS) is 17.3. The lowest BCUT2D eigenvalue weighted by atomic mass is 9.77. The second-order valence-electron chi connectivity index (χ2n) is 7.89. The first-order chi connectivity index (χ1) is 13.7. The van der Waals surface area contributed by atoms with Crippen molar-refractivity contribution in [3.8, 4) is 11.5 Å². The van der Waals surface area contributed by atoms with Gasteiger partial charge in [0.25, 0.3) is 0 Å². The van der Waals surface area contributed by atoms with Crippen LogP contribution >= 0.6 is 0 Å². The van der Waals surface area contributed by atoms with Crippen LogP contribution in [0.4, 0.5) is 0 Å². The van der Waals surface area contributed by atoms with Crippen LogP contribution in [-0.2, 0) is 0 Å². The summed E-state index contributed by atoms with van der Waals surface area (Å²) in [5.74, 6) is 1.46. The molecule has 28 heavy (non-hydrogen) atoms. The van der Waals surface area contributed by atoms with Crippen molar-refractivity contribution in [2.24, 2.45) is 0 Å². The highest BCUT2D eigenvalue weighted by atomic mass is 16.3. The minimum absolute atomic E-state index is 0.316. The van der Waals surface area contributed by atoms with Crippen LogP contribution in [0, 0.1) is 0 Å². The zero-order valence-electron chi connectivity index (χ0n) is 17.0. The molecular formula is C24H34N2O2. The van der Waals surface area contributed by atoms with E-state index in [4.69, 9.17) is 0 Å². The molecule has 0 aromatic heterocycles. The Morgan fingerprint density at radius 1 is 0.821 bits per heavy atom. The first-order valence-corrected chi connectivity index (χ1v) is 10.7. The molecule has 3 N–H and O–H groups in total. The molecule has 0 aliphatic carbocycles. The average Bonchev–Trinajstić information content (AvgIpc) is 2.73. The van der Waals surface area contributed by atoms with Crippen LogP contribution in [0.5, 0.6) is 11.5 Å². The zero-order chi connectivity index (χ0) is 19.8. The molecule has 4 heteroatoms. The lowest BCUT2D eigenvalue weighted by molar-refractivity contribution is 0.235. The summed E-state index contributed by atoms with van der Waals surface area (Å²) in [5, 5.41) is 22.8. The highest BCUT2D eigenvalue weighted by Gasteiger charge is 2.23. The molecule has 0 bridgehead atoms. The van der Waals surface area contributed by atoms with Crippen LogP contribution in [0.3, 0.4) is 0 Å². The van der Waals surface area contributed by atoms with Crippen molar-refractivity contribution in [2.45, 2.75) is 44.4 Å². The van der Waals surface area contributed by atoms with Crippen molar-refractivity contribution in [2.75, 3.05) is 32.7 Å². The van der Waals surface area contributed by atoms with Gasteiger partial charge in [0.05, 0.1) is 0 Å². The van der Waals surface area contributed by atoms with Gasteiger partial charge in [-0.15, -0.1) is 0 Å². The molecule has 2 aromatic carbocycles. The van der Waals surface area contributed by atoms with Crippen molar-refractivity contribution in [3.05, 3.63) is 59.7 Å². The van der Waals surface area contributed by atoms with E-state index in [9.17, 15) is 10.2 Å². The van der Waals surface area contributed by atoms with Gasteiger partial charge in [0.15, 0.2) is 0 Å². The molecule has 0 spiro atoms. The number of piperazine rings is 1. The number of benzene rings is 2. The van der Waals surface area contributed by atoms with E-state index in [1.807, 2.05) is 0 Å². The highest BCUT2D eigenvalue weighted by Crippen LogP contribution is 2.40. The molecule has 1 aliphatic heterocycles. The lowest BCUT2D eigenvalue weighted by Gasteiger charge is -2.29. The highest BCUT2D eigenvalue weighted by molar-refractivity contribution is 5.34.